The summed E-state index contributed by atoms with van der Waals surface area (Å²) in [5.74, 6) is -0.0643. The van der Waals surface area contributed by atoms with Crippen LogP contribution in [0.2, 0.25) is 0 Å². The monoisotopic (exact) mass is 440 g/mol. The van der Waals surface area contributed by atoms with Gasteiger partial charge in [0, 0.05) is 32.7 Å². The van der Waals surface area contributed by atoms with E-state index in [2.05, 4.69) is 28.1 Å². The number of nitrogens with two attached hydrogens (primary N) is 1. The van der Waals surface area contributed by atoms with Gasteiger partial charge in [0.2, 0.25) is 0 Å². The first-order chi connectivity index (χ1) is 11.7. The fourth-order valence-electron chi connectivity index (χ4n) is 3.45. The molecule has 1 amide bonds. The first-order valence-electron chi connectivity index (χ1n) is 8.94. The van der Waals surface area contributed by atoms with E-state index < -0.39 is 0 Å². The van der Waals surface area contributed by atoms with Gasteiger partial charge in [-0.2, -0.15) is 0 Å². The van der Waals surface area contributed by atoms with E-state index in [1.165, 1.54) is 0 Å². The molecule has 6 nitrogen and oxygen atoms in total. The Morgan fingerprint density at radius 3 is 2.41 bits per heavy atom. The average molecular weight is 442 g/mol. The largest absolute Gasteiger partial charge is 0.367 e. The summed E-state index contributed by atoms with van der Waals surface area (Å²) in [6, 6.07) is 8.03. The zero-order valence-electron chi connectivity index (χ0n) is 15.6. The number of amides is 1. The molecule has 1 aromatic rings. The van der Waals surface area contributed by atoms with Crippen LogP contribution in [0.1, 0.15) is 19.8 Å². The first-order valence-corrected chi connectivity index (χ1v) is 8.94. The summed E-state index contributed by atoms with van der Waals surface area (Å²) >= 11 is 0. The van der Waals surface area contributed by atoms with Crippen LogP contribution in [0.5, 0.6) is 0 Å². The minimum Gasteiger partial charge on any atom is -0.367 e. The van der Waals surface area contributed by atoms with E-state index in [-0.39, 0.29) is 55.3 Å². The number of nitrogens with one attached hydrogen (secondary N) is 1. The van der Waals surface area contributed by atoms with Crippen molar-refractivity contribution in [2.45, 2.75) is 32.0 Å². The summed E-state index contributed by atoms with van der Waals surface area (Å²) in [6.45, 7) is 7.84. The smallest absolute Gasteiger partial charge is 0.253 e. The lowest BCUT2D eigenvalue weighted by atomic mass is 10.1. The van der Waals surface area contributed by atoms with Crippen molar-refractivity contribution < 1.29 is 9.53 Å². The molecule has 1 aromatic carbocycles. The van der Waals surface area contributed by atoms with Gasteiger partial charge in [-0.05, 0) is 31.5 Å². The predicted molar refractivity (Wildman–Crippen MR) is 118 cm³/mol. The third-order valence-corrected chi connectivity index (χ3v) is 4.98. The second kappa shape index (κ2) is 12.6. The summed E-state index contributed by atoms with van der Waals surface area (Å²) in [5.41, 5.74) is 7.59. The molecule has 2 atom stereocenters. The van der Waals surface area contributed by atoms with Crippen molar-refractivity contribution in [1.29, 1.82) is 0 Å². The Balaban J connectivity index is 0.00000225. The van der Waals surface area contributed by atoms with E-state index in [4.69, 9.17) is 10.5 Å². The molecule has 0 aliphatic carbocycles. The third-order valence-electron chi connectivity index (χ3n) is 4.98. The molecule has 0 radical (unpaired) electrons. The Bertz CT molecular complexity index is 571. The highest BCUT2D eigenvalue weighted by Gasteiger charge is 2.30. The summed E-state index contributed by atoms with van der Waals surface area (Å²) < 4.78 is 5.70. The minimum absolute atomic E-state index is 0. The van der Waals surface area contributed by atoms with Crippen LogP contribution in [0.4, 0.5) is 11.4 Å². The van der Waals surface area contributed by atoms with E-state index in [0.29, 0.717) is 6.54 Å². The lowest BCUT2D eigenvalue weighted by Crippen LogP contribution is -2.46. The fraction of sp³-hybridized carbons (Fsp3) is 0.611. The number of ether oxygens (including phenoxy) is 1. The van der Waals surface area contributed by atoms with Crippen molar-refractivity contribution in [3.63, 3.8) is 0 Å². The van der Waals surface area contributed by atoms with Crippen LogP contribution >= 0.6 is 37.2 Å². The van der Waals surface area contributed by atoms with Gasteiger partial charge in [0.15, 0.2) is 0 Å². The number of halogens is 3. The number of benzene rings is 1. The van der Waals surface area contributed by atoms with E-state index in [1.54, 1.807) is 0 Å². The quantitative estimate of drug-likeness (QED) is 0.735. The molecular weight excluding hydrogens is 411 g/mol. The molecule has 2 aliphatic heterocycles. The number of nitrogens with zero attached hydrogens (tertiary/aromatic N) is 2. The number of carbonyl (C=O) groups excluding carboxylic acids is 1. The van der Waals surface area contributed by atoms with Gasteiger partial charge in [-0.1, -0.05) is 19.1 Å². The minimum atomic E-state index is -0.386. The molecule has 2 aliphatic rings. The van der Waals surface area contributed by atoms with E-state index in [0.717, 1.165) is 56.9 Å². The zero-order valence-corrected chi connectivity index (χ0v) is 18.1. The molecule has 0 aromatic heterocycles. The van der Waals surface area contributed by atoms with Crippen LogP contribution in [0.3, 0.4) is 0 Å². The molecule has 2 heterocycles. The normalized spacial score (nSPS) is 22.2. The van der Waals surface area contributed by atoms with Gasteiger partial charge in [-0.3, -0.25) is 4.79 Å². The van der Waals surface area contributed by atoms with E-state index in [1.807, 2.05) is 18.2 Å². The molecule has 0 spiro atoms. The van der Waals surface area contributed by atoms with Crippen molar-refractivity contribution in [1.82, 2.24) is 4.90 Å². The summed E-state index contributed by atoms with van der Waals surface area (Å²) in [4.78, 5) is 17.3. The predicted octanol–water partition coefficient (Wildman–Crippen LogP) is 2.54. The van der Waals surface area contributed by atoms with Gasteiger partial charge in [0.05, 0.1) is 17.5 Å². The molecule has 2 fully saturated rings. The Morgan fingerprint density at radius 2 is 1.81 bits per heavy atom. The fourth-order valence-corrected chi connectivity index (χ4v) is 3.45. The number of hydrogen-bond donors (Lipinski definition) is 2. The molecule has 0 bridgehead atoms. The molecule has 0 unspecified atom stereocenters. The number of anilines is 2. The molecule has 156 valence electrons. The summed E-state index contributed by atoms with van der Waals surface area (Å²) in [6.07, 6.45) is 1.22. The Labute approximate surface area is 180 Å². The van der Waals surface area contributed by atoms with Crippen LogP contribution < -0.4 is 16.0 Å². The number of hydrogen-bond acceptors (Lipinski definition) is 5. The lowest BCUT2D eigenvalue weighted by molar-refractivity contribution is -0.126. The summed E-state index contributed by atoms with van der Waals surface area (Å²) in [7, 11) is 0. The van der Waals surface area contributed by atoms with E-state index in [9.17, 15) is 4.79 Å². The molecule has 27 heavy (non-hydrogen) atoms. The zero-order chi connectivity index (χ0) is 16.9. The van der Waals surface area contributed by atoms with Gasteiger partial charge in [-0.25, -0.2) is 0 Å². The van der Waals surface area contributed by atoms with Crippen LogP contribution in [-0.4, -0.2) is 62.3 Å². The van der Waals surface area contributed by atoms with E-state index >= 15 is 0 Å². The van der Waals surface area contributed by atoms with Gasteiger partial charge < -0.3 is 25.6 Å². The molecule has 3 N–H and O–H groups in total. The maximum atomic E-state index is 12.5. The molecule has 9 heteroatoms. The Kier molecular flexibility index (Phi) is 12.3. The summed E-state index contributed by atoms with van der Waals surface area (Å²) in [5, 5.41) is 3.06. The highest BCUT2D eigenvalue weighted by Crippen LogP contribution is 2.28. The van der Waals surface area contributed by atoms with Gasteiger partial charge >= 0.3 is 0 Å². The van der Waals surface area contributed by atoms with Crippen LogP contribution in [-0.2, 0) is 9.53 Å². The second-order valence-electron chi connectivity index (χ2n) is 6.49. The van der Waals surface area contributed by atoms with Gasteiger partial charge in [-0.15, -0.1) is 37.2 Å². The SMILES string of the molecule is CCN1CCN(c2ccccc2NC(=O)[C@@H]2CC[C@H](CN)O2)CC1.Cl.Cl.Cl. The highest BCUT2D eigenvalue weighted by atomic mass is 35.5. The van der Waals surface area contributed by atoms with Crippen LogP contribution in [0.25, 0.3) is 0 Å². The number of para-hydroxylation sites is 2. The molecule has 2 saturated heterocycles. The van der Waals surface area contributed by atoms with Crippen molar-refractivity contribution >= 4 is 54.5 Å². The van der Waals surface area contributed by atoms with Crippen molar-refractivity contribution in [3.8, 4) is 0 Å². The van der Waals surface area contributed by atoms with Crippen molar-refractivity contribution in [2.75, 3.05) is 49.5 Å². The number of piperazine rings is 1. The number of carbonyl (C=O) groups is 1. The Hall–Kier alpha value is -0.760. The van der Waals surface area contributed by atoms with Crippen molar-refractivity contribution in [3.05, 3.63) is 24.3 Å². The number of rotatable bonds is 5. The van der Waals surface area contributed by atoms with Gasteiger partial charge in [0.1, 0.15) is 6.10 Å². The first kappa shape index (κ1) is 26.2. The second-order valence-corrected chi connectivity index (χ2v) is 6.49. The maximum absolute atomic E-state index is 12.5. The topological polar surface area (TPSA) is 70.8 Å². The molecule has 3 rings (SSSR count). The molecular formula is C18H31Cl3N4O2. The lowest BCUT2D eigenvalue weighted by Gasteiger charge is -2.36. The van der Waals surface area contributed by atoms with Crippen LogP contribution in [0, 0.1) is 0 Å². The standard InChI is InChI=1S/C18H28N4O2.3ClH/c1-2-21-9-11-22(12-10-21)16-6-4-3-5-15(16)20-18(23)17-8-7-14(13-19)24-17;;;/h3-6,14,17H,2,7-13,19H2,1H3,(H,20,23);3*1H/t14-,17+;;;/m1.../s1. The average Bonchev–Trinajstić information content (AvgIpc) is 3.12. The highest BCUT2D eigenvalue weighted by molar-refractivity contribution is 5.97. The number of likely N-dealkylation sites (N-methyl/N-ethyl adjacent to an activating group) is 1. The van der Waals surface area contributed by atoms with Crippen molar-refractivity contribution in [2.24, 2.45) is 5.73 Å². The maximum Gasteiger partial charge on any atom is 0.253 e. The Morgan fingerprint density at radius 1 is 1.15 bits per heavy atom. The van der Waals surface area contributed by atoms with Gasteiger partial charge in [0.25, 0.3) is 5.91 Å². The third kappa shape index (κ3) is 6.66. The molecule has 0 saturated carbocycles. The van der Waals surface area contributed by atoms with Crippen LogP contribution in [0.15, 0.2) is 24.3 Å².